The number of hydrogen-bond donors (Lipinski definition) is 0. The molecule has 0 aliphatic carbocycles. The third-order valence-electron chi connectivity index (χ3n) is 4.93. The summed E-state index contributed by atoms with van der Waals surface area (Å²) in [5, 5.41) is 10.7. The molecule has 0 aromatic heterocycles. The summed E-state index contributed by atoms with van der Waals surface area (Å²) in [5.41, 5.74) is 1.76. The number of nitrogens with zero attached hydrogens (tertiary/aromatic N) is 2. The molecule has 1 unspecified atom stereocenters. The predicted octanol–water partition coefficient (Wildman–Crippen LogP) is 3.44. The number of rotatable bonds is 7. The van der Waals surface area contributed by atoms with Gasteiger partial charge in [-0.15, -0.1) is 11.8 Å². The highest BCUT2D eigenvalue weighted by atomic mass is 32.2. The van der Waals surface area contributed by atoms with Crippen LogP contribution in [0.3, 0.4) is 0 Å². The Kier molecular flexibility index (Phi) is 5.35. The second-order valence-corrected chi connectivity index (χ2v) is 7.90. The van der Waals surface area contributed by atoms with Gasteiger partial charge >= 0.3 is 5.97 Å². The molecule has 2 aliphatic heterocycles. The molecule has 2 aliphatic rings. The Labute approximate surface area is 171 Å². The van der Waals surface area contributed by atoms with Gasteiger partial charge in [-0.3, -0.25) is 14.9 Å². The van der Waals surface area contributed by atoms with Crippen LogP contribution in [0.4, 0.5) is 5.69 Å². The van der Waals surface area contributed by atoms with Crippen LogP contribution in [0.15, 0.2) is 65.6 Å². The Morgan fingerprint density at radius 2 is 1.86 bits per heavy atom. The summed E-state index contributed by atoms with van der Waals surface area (Å²) >= 11 is 1.54. The first kappa shape index (κ1) is 19.2. The SMILES string of the molecule is O=C(OCc1ccc([N+](=O)[O-])cc1)[C@H]1C(SCc2ccccc2)=CC2CC(=O)N21. The molecule has 7 nitrogen and oxygen atoms in total. The summed E-state index contributed by atoms with van der Waals surface area (Å²) in [6, 6.07) is 15.0. The molecule has 0 N–H and O–H groups in total. The average Bonchev–Trinajstić information content (AvgIpc) is 3.03. The topological polar surface area (TPSA) is 89.7 Å². The Morgan fingerprint density at radius 1 is 1.14 bits per heavy atom. The minimum atomic E-state index is -0.715. The second-order valence-electron chi connectivity index (χ2n) is 6.85. The molecule has 0 spiro atoms. The molecular formula is C21H18N2O5S. The van der Waals surface area contributed by atoms with Crippen molar-refractivity contribution in [2.75, 3.05) is 0 Å². The van der Waals surface area contributed by atoms with Crippen molar-refractivity contribution < 1.29 is 19.2 Å². The molecule has 29 heavy (non-hydrogen) atoms. The van der Waals surface area contributed by atoms with Gasteiger partial charge < -0.3 is 9.64 Å². The van der Waals surface area contributed by atoms with Crippen LogP contribution in [0.25, 0.3) is 0 Å². The molecule has 1 saturated heterocycles. The Morgan fingerprint density at radius 3 is 2.52 bits per heavy atom. The van der Waals surface area contributed by atoms with Crippen molar-refractivity contribution in [2.45, 2.75) is 30.9 Å². The zero-order chi connectivity index (χ0) is 20.4. The minimum Gasteiger partial charge on any atom is -0.459 e. The number of thioether (sulfide) groups is 1. The van der Waals surface area contributed by atoms with Crippen molar-refractivity contribution in [3.8, 4) is 0 Å². The number of ether oxygens (including phenoxy) is 1. The standard InChI is InChI=1S/C21H18N2O5S/c24-19-11-17-10-18(29-13-15-4-2-1-3-5-15)20(22(17)19)21(25)28-12-14-6-8-16(9-7-14)23(26)27/h1-10,17,20H,11-13H2/t17?,20-/m1/s1. The van der Waals surface area contributed by atoms with E-state index in [9.17, 15) is 19.7 Å². The van der Waals surface area contributed by atoms with Crippen molar-refractivity contribution in [2.24, 2.45) is 0 Å². The summed E-state index contributed by atoms with van der Waals surface area (Å²) in [6.45, 7) is -0.00332. The van der Waals surface area contributed by atoms with Crippen LogP contribution >= 0.6 is 11.8 Å². The molecule has 2 atom stereocenters. The third-order valence-corrected chi connectivity index (χ3v) is 6.10. The molecule has 1 amide bonds. The van der Waals surface area contributed by atoms with E-state index in [0.717, 1.165) is 10.5 Å². The molecule has 148 valence electrons. The summed E-state index contributed by atoms with van der Waals surface area (Å²) in [5.74, 6) is 0.164. The van der Waals surface area contributed by atoms with E-state index in [1.165, 1.54) is 12.1 Å². The van der Waals surface area contributed by atoms with Gasteiger partial charge in [0.25, 0.3) is 5.69 Å². The molecule has 0 radical (unpaired) electrons. The molecule has 2 heterocycles. The summed E-state index contributed by atoms with van der Waals surface area (Å²) in [6.07, 6.45) is 2.40. The lowest BCUT2D eigenvalue weighted by atomic mass is 10.0. The number of fused-ring (bicyclic) bond motifs is 1. The van der Waals surface area contributed by atoms with Gasteiger partial charge in [0, 0.05) is 22.8 Å². The minimum absolute atomic E-state index is 0.00332. The zero-order valence-electron chi connectivity index (χ0n) is 15.4. The molecule has 4 rings (SSSR count). The van der Waals surface area contributed by atoms with Gasteiger partial charge in [0.2, 0.25) is 5.91 Å². The van der Waals surface area contributed by atoms with E-state index in [-0.39, 0.29) is 24.2 Å². The van der Waals surface area contributed by atoms with Gasteiger partial charge in [0.1, 0.15) is 6.61 Å². The number of hydrogen-bond acceptors (Lipinski definition) is 6. The van der Waals surface area contributed by atoms with Crippen molar-refractivity contribution in [3.63, 3.8) is 0 Å². The van der Waals surface area contributed by atoms with Crippen LogP contribution in [-0.4, -0.2) is 33.8 Å². The second kappa shape index (κ2) is 8.08. The maximum absolute atomic E-state index is 12.8. The number of nitro benzene ring substituents is 1. The van der Waals surface area contributed by atoms with E-state index in [4.69, 9.17) is 4.74 Å². The van der Waals surface area contributed by atoms with Crippen LogP contribution in [0.1, 0.15) is 17.5 Å². The van der Waals surface area contributed by atoms with Gasteiger partial charge in [-0.05, 0) is 29.3 Å². The maximum Gasteiger partial charge on any atom is 0.334 e. The van der Waals surface area contributed by atoms with E-state index >= 15 is 0 Å². The molecule has 2 aromatic rings. The lowest BCUT2D eigenvalue weighted by Gasteiger charge is -2.38. The van der Waals surface area contributed by atoms with Gasteiger partial charge in [-0.25, -0.2) is 4.79 Å². The average molecular weight is 410 g/mol. The molecule has 0 saturated carbocycles. The van der Waals surface area contributed by atoms with Crippen LogP contribution in [0, 0.1) is 10.1 Å². The lowest BCUT2D eigenvalue weighted by molar-refractivity contribution is -0.384. The van der Waals surface area contributed by atoms with E-state index < -0.39 is 16.9 Å². The van der Waals surface area contributed by atoms with Crippen LogP contribution in [0.5, 0.6) is 0 Å². The quantitative estimate of drug-likeness (QED) is 0.301. The van der Waals surface area contributed by atoms with Crippen molar-refractivity contribution in [1.29, 1.82) is 0 Å². The Hall–Kier alpha value is -3.13. The van der Waals surface area contributed by atoms with Crippen molar-refractivity contribution >= 4 is 29.3 Å². The first-order chi connectivity index (χ1) is 14.0. The Balaban J connectivity index is 1.41. The highest BCUT2D eigenvalue weighted by molar-refractivity contribution is 8.02. The third kappa shape index (κ3) is 4.02. The van der Waals surface area contributed by atoms with Gasteiger partial charge in [-0.1, -0.05) is 30.3 Å². The van der Waals surface area contributed by atoms with Gasteiger partial charge in [-0.2, -0.15) is 0 Å². The zero-order valence-corrected chi connectivity index (χ0v) is 16.2. The Bertz CT molecular complexity index is 974. The monoisotopic (exact) mass is 410 g/mol. The molecule has 1 fully saturated rings. The molecule has 0 bridgehead atoms. The van der Waals surface area contributed by atoms with E-state index in [1.54, 1.807) is 28.8 Å². The van der Waals surface area contributed by atoms with Crippen LogP contribution in [-0.2, 0) is 26.7 Å². The number of nitro groups is 1. The largest absolute Gasteiger partial charge is 0.459 e. The maximum atomic E-state index is 12.8. The number of amides is 1. The van der Waals surface area contributed by atoms with E-state index in [1.807, 2.05) is 36.4 Å². The number of carbonyl (C=O) groups excluding carboxylic acids is 2. The van der Waals surface area contributed by atoms with Crippen molar-refractivity contribution in [3.05, 3.63) is 86.8 Å². The number of non-ortho nitro benzene ring substituents is 1. The lowest BCUT2D eigenvalue weighted by Crippen LogP contribution is -2.55. The fraction of sp³-hybridized carbons (Fsp3) is 0.238. The van der Waals surface area contributed by atoms with Crippen LogP contribution < -0.4 is 0 Å². The van der Waals surface area contributed by atoms with Crippen molar-refractivity contribution in [1.82, 2.24) is 4.90 Å². The van der Waals surface area contributed by atoms with Crippen LogP contribution in [0.2, 0.25) is 0 Å². The number of β-lactam (4-membered cyclic amide) rings is 1. The molecule has 2 aromatic carbocycles. The van der Waals surface area contributed by atoms with E-state index in [0.29, 0.717) is 17.7 Å². The predicted molar refractivity (Wildman–Crippen MR) is 108 cm³/mol. The van der Waals surface area contributed by atoms with Gasteiger partial charge in [0.15, 0.2) is 6.04 Å². The first-order valence-electron chi connectivity index (χ1n) is 9.12. The fourth-order valence-electron chi connectivity index (χ4n) is 3.39. The fourth-order valence-corrected chi connectivity index (χ4v) is 4.54. The number of benzene rings is 2. The molecular weight excluding hydrogens is 392 g/mol. The smallest absolute Gasteiger partial charge is 0.334 e. The highest BCUT2D eigenvalue weighted by Crippen LogP contribution is 2.40. The van der Waals surface area contributed by atoms with Gasteiger partial charge in [0.05, 0.1) is 17.4 Å². The first-order valence-corrected chi connectivity index (χ1v) is 10.1. The van der Waals surface area contributed by atoms with E-state index in [2.05, 4.69) is 0 Å². The normalized spacial score (nSPS) is 19.9. The summed E-state index contributed by atoms with van der Waals surface area (Å²) in [7, 11) is 0. The summed E-state index contributed by atoms with van der Waals surface area (Å²) < 4.78 is 5.44. The highest BCUT2D eigenvalue weighted by Gasteiger charge is 2.50. The molecule has 8 heteroatoms. The number of carbonyl (C=O) groups is 2. The number of esters is 1. The summed E-state index contributed by atoms with van der Waals surface area (Å²) in [4.78, 5) is 37.5.